The summed E-state index contributed by atoms with van der Waals surface area (Å²) in [7, 11) is -3.39. The van der Waals surface area contributed by atoms with Crippen LogP contribution in [0, 0.1) is 13.8 Å². The Labute approximate surface area is 109 Å². The zero-order valence-corrected chi connectivity index (χ0v) is 11.7. The van der Waals surface area contributed by atoms with Crippen molar-refractivity contribution in [3.05, 3.63) is 29.3 Å². The van der Waals surface area contributed by atoms with Crippen molar-refractivity contribution in [1.29, 1.82) is 0 Å². The Morgan fingerprint density at radius 2 is 1.89 bits per heavy atom. The summed E-state index contributed by atoms with van der Waals surface area (Å²) in [6.45, 7) is 4.80. The van der Waals surface area contributed by atoms with E-state index < -0.39 is 10.0 Å². The summed E-state index contributed by atoms with van der Waals surface area (Å²) in [5.74, 6) is 0. The van der Waals surface area contributed by atoms with Crippen LogP contribution in [0.2, 0.25) is 0 Å². The lowest BCUT2D eigenvalue weighted by molar-refractivity contribution is 0.393. The second-order valence-electron chi connectivity index (χ2n) is 4.97. The smallest absolute Gasteiger partial charge is 0.243 e. The first-order valence-corrected chi connectivity index (χ1v) is 7.69. The fourth-order valence-electron chi connectivity index (χ4n) is 2.58. The molecule has 1 aromatic rings. The number of sulfonamides is 1. The second kappa shape index (κ2) is 4.99. The van der Waals surface area contributed by atoms with Gasteiger partial charge in [0.25, 0.3) is 0 Å². The molecule has 1 aliphatic heterocycles. The van der Waals surface area contributed by atoms with E-state index in [9.17, 15) is 8.42 Å². The zero-order valence-electron chi connectivity index (χ0n) is 10.9. The van der Waals surface area contributed by atoms with Gasteiger partial charge in [0.15, 0.2) is 0 Å². The van der Waals surface area contributed by atoms with Crippen molar-refractivity contribution in [3.8, 4) is 0 Å². The lowest BCUT2D eigenvalue weighted by Gasteiger charge is -2.23. The number of nitrogens with two attached hydrogens (primary N) is 1. The van der Waals surface area contributed by atoms with Gasteiger partial charge < -0.3 is 5.73 Å². The highest BCUT2D eigenvalue weighted by atomic mass is 32.2. The van der Waals surface area contributed by atoms with Crippen LogP contribution in [-0.4, -0.2) is 31.9 Å². The largest absolute Gasteiger partial charge is 0.329 e. The summed E-state index contributed by atoms with van der Waals surface area (Å²) in [5, 5.41) is 0. The molecule has 0 bridgehead atoms. The van der Waals surface area contributed by atoms with Crippen molar-refractivity contribution < 1.29 is 8.42 Å². The van der Waals surface area contributed by atoms with Crippen LogP contribution in [0.5, 0.6) is 0 Å². The topological polar surface area (TPSA) is 63.4 Å². The SMILES string of the molecule is Cc1cc(C)cc(S(=O)(=O)N2CCCC2CN)c1. The Kier molecular flexibility index (Phi) is 3.75. The van der Waals surface area contributed by atoms with Crippen molar-refractivity contribution in [1.82, 2.24) is 4.31 Å². The highest BCUT2D eigenvalue weighted by Gasteiger charge is 2.34. The van der Waals surface area contributed by atoms with E-state index in [4.69, 9.17) is 5.73 Å². The lowest BCUT2D eigenvalue weighted by Crippen LogP contribution is -2.39. The first-order chi connectivity index (χ1) is 8.45. The van der Waals surface area contributed by atoms with Gasteiger partial charge in [0.05, 0.1) is 4.90 Å². The maximum absolute atomic E-state index is 12.6. The van der Waals surface area contributed by atoms with Gasteiger partial charge in [-0.25, -0.2) is 8.42 Å². The fourth-order valence-corrected chi connectivity index (χ4v) is 4.47. The third kappa shape index (κ3) is 2.43. The molecule has 0 aliphatic carbocycles. The molecule has 18 heavy (non-hydrogen) atoms. The number of nitrogens with zero attached hydrogens (tertiary/aromatic N) is 1. The molecule has 0 saturated carbocycles. The summed E-state index contributed by atoms with van der Waals surface area (Å²) < 4.78 is 26.7. The molecular formula is C13H20N2O2S. The number of hydrogen-bond acceptors (Lipinski definition) is 3. The Hall–Kier alpha value is -0.910. The predicted molar refractivity (Wildman–Crippen MR) is 71.9 cm³/mol. The number of rotatable bonds is 3. The van der Waals surface area contributed by atoms with Gasteiger partial charge >= 0.3 is 0 Å². The van der Waals surface area contributed by atoms with Gasteiger partial charge in [-0.1, -0.05) is 6.07 Å². The van der Waals surface area contributed by atoms with Crippen molar-refractivity contribution in [3.63, 3.8) is 0 Å². The maximum Gasteiger partial charge on any atom is 0.243 e. The minimum Gasteiger partial charge on any atom is -0.329 e. The van der Waals surface area contributed by atoms with Gasteiger partial charge in [-0.2, -0.15) is 4.31 Å². The second-order valence-corrected chi connectivity index (χ2v) is 6.86. The quantitative estimate of drug-likeness (QED) is 0.901. The van der Waals surface area contributed by atoms with E-state index in [-0.39, 0.29) is 6.04 Å². The van der Waals surface area contributed by atoms with Crippen LogP contribution in [-0.2, 0) is 10.0 Å². The van der Waals surface area contributed by atoms with E-state index in [0.717, 1.165) is 24.0 Å². The van der Waals surface area contributed by atoms with Crippen LogP contribution in [0.25, 0.3) is 0 Å². The minimum atomic E-state index is -3.39. The normalized spacial score (nSPS) is 21.4. The lowest BCUT2D eigenvalue weighted by atomic mass is 10.2. The summed E-state index contributed by atoms with van der Waals surface area (Å²) >= 11 is 0. The highest BCUT2D eigenvalue weighted by Crippen LogP contribution is 2.26. The van der Waals surface area contributed by atoms with Crippen LogP contribution >= 0.6 is 0 Å². The van der Waals surface area contributed by atoms with Crippen LogP contribution in [0.3, 0.4) is 0 Å². The first-order valence-electron chi connectivity index (χ1n) is 6.25. The molecule has 1 aliphatic rings. The molecule has 1 atom stereocenters. The summed E-state index contributed by atoms with van der Waals surface area (Å²) in [4.78, 5) is 0.389. The van der Waals surface area contributed by atoms with E-state index in [1.807, 2.05) is 19.9 Å². The summed E-state index contributed by atoms with van der Waals surface area (Å²) in [6, 6.07) is 5.39. The van der Waals surface area contributed by atoms with Gasteiger partial charge in [0.1, 0.15) is 0 Å². The van der Waals surface area contributed by atoms with Gasteiger partial charge in [0, 0.05) is 19.1 Å². The molecule has 5 heteroatoms. The average molecular weight is 268 g/mol. The molecule has 100 valence electrons. The van der Waals surface area contributed by atoms with Crippen molar-refractivity contribution in [2.45, 2.75) is 37.6 Å². The average Bonchev–Trinajstić information content (AvgIpc) is 2.76. The highest BCUT2D eigenvalue weighted by molar-refractivity contribution is 7.89. The molecule has 4 nitrogen and oxygen atoms in total. The summed E-state index contributed by atoms with van der Waals surface area (Å²) in [6.07, 6.45) is 1.76. The zero-order chi connectivity index (χ0) is 13.3. The summed E-state index contributed by atoms with van der Waals surface area (Å²) in [5.41, 5.74) is 7.59. The van der Waals surface area contributed by atoms with E-state index in [2.05, 4.69) is 0 Å². The van der Waals surface area contributed by atoms with E-state index in [1.54, 1.807) is 16.4 Å². The van der Waals surface area contributed by atoms with Crippen LogP contribution in [0.4, 0.5) is 0 Å². The van der Waals surface area contributed by atoms with Crippen molar-refractivity contribution >= 4 is 10.0 Å². The first kappa shape index (κ1) is 13.5. The monoisotopic (exact) mass is 268 g/mol. The molecule has 2 N–H and O–H groups in total. The van der Waals surface area contributed by atoms with E-state index in [1.165, 1.54) is 0 Å². The Morgan fingerprint density at radius 1 is 1.28 bits per heavy atom. The van der Waals surface area contributed by atoms with Gasteiger partial charge in [-0.3, -0.25) is 0 Å². The van der Waals surface area contributed by atoms with Gasteiger partial charge in [-0.15, -0.1) is 0 Å². The molecule has 1 unspecified atom stereocenters. The molecule has 1 saturated heterocycles. The van der Waals surface area contributed by atoms with Gasteiger partial charge in [0.2, 0.25) is 10.0 Å². The van der Waals surface area contributed by atoms with Crippen molar-refractivity contribution in [2.24, 2.45) is 5.73 Å². The molecular weight excluding hydrogens is 248 g/mol. The molecule has 0 aromatic heterocycles. The van der Waals surface area contributed by atoms with Crippen LogP contribution < -0.4 is 5.73 Å². The number of aryl methyl sites for hydroxylation is 2. The third-order valence-corrected chi connectivity index (χ3v) is 5.33. The molecule has 1 aromatic carbocycles. The van der Waals surface area contributed by atoms with Crippen molar-refractivity contribution in [2.75, 3.05) is 13.1 Å². The van der Waals surface area contributed by atoms with Crippen LogP contribution in [0.15, 0.2) is 23.1 Å². The molecule has 0 radical (unpaired) electrons. The number of hydrogen-bond donors (Lipinski definition) is 1. The Balaban J connectivity index is 2.41. The third-order valence-electron chi connectivity index (χ3n) is 3.40. The molecule has 2 rings (SSSR count). The Morgan fingerprint density at radius 3 is 2.44 bits per heavy atom. The minimum absolute atomic E-state index is 0.0455. The maximum atomic E-state index is 12.6. The molecule has 0 spiro atoms. The van der Waals surface area contributed by atoms with E-state index in [0.29, 0.717) is 18.0 Å². The van der Waals surface area contributed by atoms with Gasteiger partial charge in [-0.05, 0) is 49.9 Å². The predicted octanol–water partition coefficient (Wildman–Crippen LogP) is 1.42. The Bertz CT molecular complexity index is 520. The number of benzene rings is 1. The van der Waals surface area contributed by atoms with E-state index >= 15 is 0 Å². The van der Waals surface area contributed by atoms with Crippen LogP contribution in [0.1, 0.15) is 24.0 Å². The molecule has 0 amide bonds. The molecule has 1 heterocycles. The standard InChI is InChI=1S/C13H20N2O2S/c1-10-6-11(2)8-13(7-10)18(16,17)15-5-3-4-12(15)9-14/h6-8,12H,3-5,9,14H2,1-2H3. The molecule has 1 fully saturated rings. The fraction of sp³-hybridized carbons (Fsp3) is 0.538.